The molecule has 0 bridgehead atoms. The van der Waals surface area contributed by atoms with Crippen LogP contribution in [-0.4, -0.2) is 37.0 Å². The first-order chi connectivity index (χ1) is 12.5. The van der Waals surface area contributed by atoms with E-state index in [9.17, 15) is 4.79 Å². The molecule has 0 unspecified atom stereocenters. The summed E-state index contributed by atoms with van der Waals surface area (Å²) in [5.41, 5.74) is 2.74. The molecular formula is C20H21Cl2N3O. The Morgan fingerprint density at radius 1 is 1.00 bits per heavy atom. The number of allylic oxidation sites excluding steroid dienone is 1. The van der Waals surface area contributed by atoms with Crippen LogP contribution in [-0.2, 0) is 4.79 Å². The molecule has 2 aromatic carbocycles. The van der Waals surface area contributed by atoms with Crippen LogP contribution < -0.4 is 10.2 Å². The predicted molar refractivity (Wildman–Crippen MR) is 109 cm³/mol. The number of carbonyl (C=O) groups excluding carboxylic acids is 1. The normalized spacial score (nSPS) is 15.1. The van der Waals surface area contributed by atoms with E-state index in [1.165, 1.54) is 5.69 Å². The minimum Gasteiger partial charge on any atom is -0.371 e. The van der Waals surface area contributed by atoms with Gasteiger partial charge in [0.1, 0.15) is 0 Å². The van der Waals surface area contributed by atoms with Gasteiger partial charge < -0.3 is 15.1 Å². The van der Waals surface area contributed by atoms with Gasteiger partial charge in [0.05, 0.1) is 10.7 Å². The van der Waals surface area contributed by atoms with Crippen LogP contribution in [0.5, 0.6) is 0 Å². The van der Waals surface area contributed by atoms with E-state index >= 15 is 0 Å². The zero-order valence-corrected chi connectivity index (χ0v) is 16.1. The number of halogens is 2. The molecule has 0 spiro atoms. The van der Waals surface area contributed by atoms with Crippen LogP contribution in [0.25, 0.3) is 0 Å². The lowest BCUT2D eigenvalue weighted by molar-refractivity contribution is -0.112. The lowest BCUT2D eigenvalue weighted by atomic mass is 10.2. The number of nitrogens with one attached hydrogen (secondary N) is 1. The van der Waals surface area contributed by atoms with E-state index in [2.05, 4.69) is 15.1 Å². The molecule has 1 amide bonds. The summed E-state index contributed by atoms with van der Waals surface area (Å²) in [6.07, 6.45) is 1.63. The quantitative estimate of drug-likeness (QED) is 0.772. The van der Waals surface area contributed by atoms with E-state index in [1.54, 1.807) is 18.2 Å². The Balaban J connectivity index is 1.56. The highest BCUT2D eigenvalue weighted by Gasteiger charge is 2.18. The van der Waals surface area contributed by atoms with Gasteiger partial charge >= 0.3 is 0 Å². The first kappa shape index (κ1) is 18.6. The fourth-order valence-electron chi connectivity index (χ4n) is 2.98. The first-order valence-electron chi connectivity index (χ1n) is 8.52. The summed E-state index contributed by atoms with van der Waals surface area (Å²) in [4.78, 5) is 16.8. The Bertz CT molecular complexity index is 797. The maximum absolute atomic E-state index is 12.2. The first-order valence-corrected chi connectivity index (χ1v) is 9.28. The van der Waals surface area contributed by atoms with Gasteiger partial charge in [-0.3, -0.25) is 4.79 Å². The molecule has 136 valence electrons. The second kappa shape index (κ2) is 8.47. The lowest BCUT2D eigenvalue weighted by Gasteiger charge is -2.37. The number of benzene rings is 2. The minimum atomic E-state index is -0.171. The Hall–Kier alpha value is -2.17. The maximum atomic E-state index is 12.2. The number of hydrogen-bond acceptors (Lipinski definition) is 3. The van der Waals surface area contributed by atoms with Crippen LogP contribution in [0.15, 0.2) is 60.3 Å². The Morgan fingerprint density at radius 2 is 1.65 bits per heavy atom. The maximum Gasteiger partial charge on any atom is 0.250 e. The third-order valence-corrected chi connectivity index (χ3v) is 5.02. The molecule has 1 aliphatic rings. The standard InChI is InChI=1S/C20H21Cl2N3O/c1-15(14-20(26)23-19-5-3-2-4-18(19)22)24-10-12-25(13-11-24)17-8-6-16(21)7-9-17/h2-9,14H,10-13H2,1H3,(H,23,26)/b15-14-. The topological polar surface area (TPSA) is 35.6 Å². The lowest BCUT2D eigenvalue weighted by Crippen LogP contribution is -2.45. The molecule has 1 N–H and O–H groups in total. The van der Waals surface area contributed by atoms with Crippen molar-refractivity contribution in [2.45, 2.75) is 6.92 Å². The second-order valence-corrected chi connectivity index (χ2v) is 7.05. The molecule has 1 aliphatic heterocycles. The summed E-state index contributed by atoms with van der Waals surface area (Å²) in [5.74, 6) is -0.171. The SMILES string of the molecule is C/C(=C/C(=O)Nc1ccccc1Cl)N1CCN(c2ccc(Cl)cc2)CC1. The zero-order chi connectivity index (χ0) is 18.5. The van der Waals surface area contributed by atoms with Gasteiger partial charge in [-0.1, -0.05) is 35.3 Å². The van der Waals surface area contributed by atoms with Crippen molar-refractivity contribution in [1.82, 2.24) is 4.90 Å². The van der Waals surface area contributed by atoms with Gasteiger partial charge in [0.2, 0.25) is 5.91 Å². The second-order valence-electron chi connectivity index (χ2n) is 6.21. The number of amides is 1. The summed E-state index contributed by atoms with van der Waals surface area (Å²) in [6, 6.07) is 15.1. The number of rotatable bonds is 4. The van der Waals surface area contributed by atoms with Crippen LogP contribution in [0.3, 0.4) is 0 Å². The van der Waals surface area contributed by atoms with Crippen LogP contribution in [0.1, 0.15) is 6.92 Å². The molecule has 1 fully saturated rings. The van der Waals surface area contributed by atoms with E-state index in [0.717, 1.165) is 36.9 Å². The summed E-state index contributed by atoms with van der Waals surface area (Å²) in [7, 11) is 0. The number of piperazine rings is 1. The largest absolute Gasteiger partial charge is 0.371 e. The molecule has 0 saturated carbocycles. The van der Waals surface area contributed by atoms with Gasteiger partial charge in [0, 0.05) is 48.7 Å². The van der Waals surface area contributed by atoms with Crippen molar-refractivity contribution in [1.29, 1.82) is 0 Å². The molecule has 4 nitrogen and oxygen atoms in total. The summed E-state index contributed by atoms with van der Waals surface area (Å²) in [5, 5.41) is 4.10. The third-order valence-electron chi connectivity index (χ3n) is 4.44. The number of nitrogens with zero attached hydrogens (tertiary/aromatic N) is 2. The van der Waals surface area contributed by atoms with E-state index in [-0.39, 0.29) is 5.91 Å². The molecule has 0 atom stereocenters. The van der Waals surface area contributed by atoms with Crippen molar-refractivity contribution in [2.24, 2.45) is 0 Å². The third kappa shape index (κ3) is 4.71. The zero-order valence-electron chi connectivity index (χ0n) is 14.6. The van der Waals surface area contributed by atoms with Crippen molar-refractivity contribution in [3.8, 4) is 0 Å². The van der Waals surface area contributed by atoms with Gasteiger partial charge in [-0.15, -0.1) is 0 Å². The fraction of sp³-hybridized carbons (Fsp3) is 0.250. The summed E-state index contributed by atoms with van der Waals surface area (Å²) < 4.78 is 0. The van der Waals surface area contributed by atoms with Crippen molar-refractivity contribution in [2.75, 3.05) is 36.4 Å². The highest BCUT2D eigenvalue weighted by molar-refractivity contribution is 6.33. The van der Waals surface area contributed by atoms with Crippen LogP contribution >= 0.6 is 23.2 Å². The molecule has 2 aromatic rings. The Labute approximate surface area is 164 Å². The average Bonchev–Trinajstić information content (AvgIpc) is 2.64. The monoisotopic (exact) mass is 389 g/mol. The fourth-order valence-corrected chi connectivity index (χ4v) is 3.29. The number of hydrogen-bond donors (Lipinski definition) is 1. The average molecular weight is 390 g/mol. The predicted octanol–water partition coefficient (Wildman–Crippen LogP) is 4.66. The molecule has 1 saturated heterocycles. The number of carbonyl (C=O) groups is 1. The van der Waals surface area contributed by atoms with Crippen molar-refractivity contribution < 1.29 is 4.79 Å². The van der Waals surface area contributed by atoms with E-state index in [1.807, 2.05) is 43.3 Å². The molecule has 1 heterocycles. The molecule has 3 rings (SSSR count). The van der Waals surface area contributed by atoms with Crippen LogP contribution in [0.4, 0.5) is 11.4 Å². The van der Waals surface area contributed by atoms with Crippen LogP contribution in [0, 0.1) is 0 Å². The summed E-state index contributed by atoms with van der Waals surface area (Å²) in [6.45, 7) is 5.50. The van der Waals surface area contributed by atoms with Gasteiger partial charge in [0.25, 0.3) is 0 Å². The smallest absolute Gasteiger partial charge is 0.250 e. The van der Waals surface area contributed by atoms with E-state index in [0.29, 0.717) is 10.7 Å². The molecule has 26 heavy (non-hydrogen) atoms. The van der Waals surface area contributed by atoms with Gasteiger partial charge in [-0.25, -0.2) is 0 Å². The highest BCUT2D eigenvalue weighted by atomic mass is 35.5. The molecular weight excluding hydrogens is 369 g/mol. The van der Waals surface area contributed by atoms with Crippen molar-refractivity contribution >= 4 is 40.5 Å². The molecule has 0 aliphatic carbocycles. The number of anilines is 2. The van der Waals surface area contributed by atoms with Gasteiger partial charge in [0.15, 0.2) is 0 Å². The van der Waals surface area contributed by atoms with Crippen LogP contribution in [0.2, 0.25) is 10.0 Å². The molecule has 0 aromatic heterocycles. The minimum absolute atomic E-state index is 0.171. The van der Waals surface area contributed by atoms with E-state index < -0.39 is 0 Å². The molecule has 0 radical (unpaired) electrons. The van der Waals surface area contributed by atoms with Gasteiger partial charge in [-0.2, -0.15) is 0 Å². The Morgan fingerprint density at radius 3 is 2.31 bits per heavy atom. The summed E-state index contributed by atoms with van der Waals surface area (Å²) >= 11 is 12.0. The van der Waals surface area contributed by atoms with Gasteiger partial charge in [-0.05, 0) is 43.3 Å². The van der Waals surface area contributed by atoms with E-state index in [4.69, 9.17) is 23.2 Å². The Kier molecular flexibility index (Phi) is 6.07. The number of para-hydroxylation sites is 1. The van der Waals surface area contributed by atoms with Crippen molar-refractivity contribution in [3.63, 3.8) is 0 Å². The molecule has 6 heteroatoms. The van der Waals surface area contributed by atoms with Crippen molar-refractivity contribution in [3.05, 3.63) is 70.3 Å². The highest BCUT2D eigenvalue weighted by Crippen LogP contribution is 2.22.